The van der Waals surface area contributed by atoms with Gasteiger partial charge >= 0.3 is 23.9 Å². The van der Waals surface area contributed by atoms with Gasteiger partial charge in [0.15, 0.2) is 11.1 Å². The largest absolute Gasteiger partial charge is 0.478 e. The number of aromatic amines is 1. The first-order valence-corrected chi connectivity index (χ1v) is 13.7. The van der Waals surface area contributed by atoms with Crippen LogP contribution in [0.3, 0.4) is 0 Å². The number of carbonyl (C=O) groups is 4. The SMILES string of the molecule is NC(N)=Nc1nc(CSCCNC(=S)NCCCc2cnc[nH]2)cs1.O=C(O)/C=C\C(=O)O.O=C(O)/C=C\C(=O)O. The van der Waals surface area contributed by atoms with E-state index in [1.807, 2.05) is 11.6 Å². The molecule has 11 N–H and O–H groups in total. The van der Waals surface area contributed by atoms with Gasteiger partial charge in [0.05, 0.1) is 12.0 Å². The monoisotopic (exact) mass is 630 g/mol. The minimum Gasteiger partial charge on any atom is -0.478 e. The molecule has 0 saturated carbocycles. The summed E-state index contributed by atoms with van der Waals surface area (Å²) < 4.78 is 0. The Bertz CT molecular complexity index is 1130. The fourth-order valence-corrected chi connectivity index (χ4v) is 3.95. The number of nitrogens with one attached hydrogen (secondary N) is 3. The highest BCUT2D eigenvalue weighted by Crippen LogP contribution is 2.21. The minimum absolute atomic E-state index is 0.0309. The highest BCUT2D eigenvalue weighted by molar-refractivity contribution is 7.98. The molecule has 19 heteroatoms. The minimum atomic E-state index is -1.26. The van der Waals surface area contributed by atoms with Gasteiger partial charge in [-0.25, -0.2) is 29.1 Å². The van der Waals surface area contributed by atoms with Crippen LogP contribution in [0.1, 0.15) is 17.8 Å². The molecule has 41 heavy (non-hydrogen) atoms. The van der Waals surface area contributed by atoms with Gasteiger partial charge in [0.2, 0.25) is 5.13 Å². The van der Waals surface area contributed by atoms with Crippen molar-refractivity contribution < 1.29 is 39.6 Å². The number of imidazole rings is 1. The van der Waals surface area contributed by atoms with Gasteiger partial charge in [-0.3, -0.25) is 0 Å². The van der Waals surface area contributed by atoms with Crippen molar-refractivity contribution >= 4 is 75.4 Å². The van der Waals surface area contributed by atoms with Crippen LogP contribution >= 0.6 is 35.3 Å². The van der Waals surface area contributed by atoms with Crippen LogP contribution in [0.4, 0.5) is 5.13 Å². The number of thioether (sulfide) groups is 1. The number of carboxylic acid groups (broad SMARTS) is 4. The number of nitrogens with zero attached hydrogens (tertiary/aromatic N) is 3. The van der Waals surface area contributed by atoms with Crippen LogP contribution in [0.2, 0.25) is 0 Å². The molecule has 0 bridgehead atoms. The zero-order valence-corrected chi connectivity index (χ0v) is 23.9. The Hall–Kier alpha value is -4.49. The van der Waals surface area contributed by atoms with Crippen LogP contribution in [0, 0.1) is 0 Å². The number of hydrogen-bond acceptors (Lipinski definition) is 10. The van der Waals surface area contributed by atoms with Gasteiger partial charge in [-0.2, -0.15) is 16.8 Å². The van der Waals surface area contributed by atoms with Crippen LogP contribution in [0.25, 0.3) is 0 Å². The lowest BCUT2D eigenvalue weighted by atomic mass is 10.2. The maximum absolute atomic E-state index is 9.55. The fraction of sp³-hybridized carbons (Fsp3) is 0.273. The summed E-state index contributed by atoms with van der Waals surface area (Å²) in [6, 6.07) is 0. The zero-order chi connectivity index (χ0) is 31.0. The van der Waals surface area contributed by atoms with Crippen LogP contribution in [-0.2, 0) is 31.4 Å². The third-order valence-electron chi connectivity index (χ3n) is 3.75. The van der Waals surface area contributed by atoms with Crippen molar-refractivity contribution in [1.29, 1.82) is 0 Å². The first-order chi connectivity index (χ1) is 19.4. The van der Waals surface area contributed by atoms with E-state index in [1.54, 1.807) is 18.1 Å². The van der Waals surface area contributed by atoms with Crippen molar-refractivity contribution in [2.45, 2.75) is 18.6 Å². The number of aromatic nitrogens is 3. The summed E-state index contributed by atoms with van der Waals surface area (Å²) in [5.74, 6) is -3.24. The first-order valence-electron chi connectivity index (χ1n) is 11.3. The number of aryl methyl sites for hydroxylation is 1. The second-order valence-electron chi connectivity index (χ2n) is 7.09. The van der Waals surface area contributed by atoms with Gasteiger partial charge in [0.1, 0.15) is 0 Å². The molecule has 0 saturated heterocycles. The summed E-state index contributed by atoms with van der Waals surface area (Å²) in [7, 11) is 0. The molecule has 0 spiro atoms. The summed E-state index contributed by atoms with van der Waals surface area (Å²) in [5.41, 5.74) is 12.8. The number of thiazole rings is 1. The number of nitrogens with two attached hydrogens (primary N) is 2. The number of rotatable bonds is 14. The summed E-state index contributed by atoms with van der Waals surface area (Å²) >= 11 is 8.46. The molecule has 0 amide bonds. The van der Waals surface area contributed by atoms with Crippen LogP contribution in [-0.4, -0.2) is 89.2 Å². The molecule has 0 radical (unpaired) electrons. The Balaban J connectivity index is 0.000000820. The molecule has 2 aromatic rings. The average molecular weight is 631 g/mol. The molecule has 224 valence electrons. The quantitative estimate of drug-likeness (QED) is 0.0452. The van der Waals surface area contributed by atoms with E-state index < -0.39 is 23.9 Å². The number of hydrogen-bond donors (Lipinski definition) is 9. The van der Waals surface area contributed by atoms with Crippen molar-refractivity contribution in [1.82, 2.24) is 25.6 Å². The Morgan fingerprint density at radius 1 is 1.00 bits per heavy atom. The molecule has 0 aromatic carbocycles. The van der Waals surface area contributed by atoms with E-state index in [-0.39, 0.29) is 5.96 Å². The van der Waals surface area contributed by atoms with E-state index in [2.05, 4.69) is 30.6 Å². The molecule has 0 aliphatic heterocycles. The Kier molecular flexibility index (Phi) is 19.9. The molecule has 0 aliphatic carbocycles. The molecule has 2 heterocycles. The third kappa shape index (κ3) is 24.3. The molecule has 0 atom stereocenters. The van der Waals surface area contributed by atoms with Gasteiger partial charge < -0.3 is 47.5 Å². The second-order valence-corrected chi connectivity index (χ2v) is 9.44. The summed E-state index contributed by atoms with van der Waals surface area (Å²) in [6.45, 7) is 1.65. The Morgan fingerprint density at radius 3 is 2.05 bits per heavy atom. The smallest absolute Gasteiger partial charge is 0.328 e. The van der Waals surface area contributed by atoms with Gasteiger partial charge in [-0.1, -0.05) is 0 Å². The summed E-state index contributed by atoms with van der Waals surface area (Å²) in [5, 5.41) is 40.9. The summed E-state index contributed by atoms with van der Waals surface area (Å²) in [4.78, 5) is 53.6. The van der Waals surface area contributed by atoms with Crippen molar-refractivity contribution in [3.8, 4) is 0 Å². The van der Waals surface area contributed by atoms with Crippen LogP contribution < -0.4 is 22.1 Å². The lowest BCUT2D eigenvalue weighted by Gasteiger charge is -2.09. The van der Waals surface area contributed by atoms with Crippen LogP contribution in [0.15, 0.2) is 47.2 Å². The Labute approximate surface area is 247 Å². The Morgan fingerprint density at radius 2 is 1.56 bits per heavy atom. The van der Waals surface area contributed by atoms with E-state index in [0.29, 0.717) is 34.5 Å². The van der Waals surface area contributed by atoms with Crippen molar-refractivity contribution in [3.05, 3.63) is 53.6 Å². The molecule has 0 aliphatic rings. The highest BCUT2D eigenvalue weighted by Gasteiger charge is 2.02. The van der Waals surface area contributed by atoms with E-state index in [0.717, 1.165) is 48.8 Å². The fourth-order valence-electron chi connectivity index (χ4n) is 2.19. The van der Waals surface area contributed by atoms with Gasteiger partial charge in [0.25, 0.3) is 0 Å². The lowest BCUT2D eigenvalue weighted by molar-refractivity contribution is -0.134. The van der Waals surface area contributed by atoms with Gasteiger partial charge in [-0.05, 0) is 25.1 Å². The predicted molar refractivity (Wildman–Crippen MR) is 158 cm³/mol. The third-order valence-corrected chi connectivity index (χ3v) is 5.81. The van der Waals surface area contributed by atoms with E-state index in [9.17, 15) is 19.2 Å². The first kappa shape index (κ1) is 36.5. The number of carboxylic acids is 4. The molecular weight excluding hydrogens is 600 g/mol. The number of guanidine groups is 1. The van der Waals surface area contributed by atoms with Gasteiger partial charge in [0, 0.05) is 66.2 Å². The van der Waals surface area contributed by atoms with E-state index in [1.165, 1.54) is 11.3 Å². The van der Waals surface area contributed by atoms with Crippen molar-refractivity contribution in [2.75, 3.05) is 18.8 Å². The van der Waals surface area contributed by atoms with Crippen molar-refractivity contribution in [2.24, 2.45) is 16.5 Å². The standard InChI is InChI=1S/C14H22N8S3.2C4H4O4/c15-12(16)22-14-21-11(8-25-14)7-24-5-4-19-13(23)18-3-1-2-10-6-17-9-20-10;2*5-3(6)1-2-4(7)8/h6,8-9H,1-5,7H2,(H,17,20)(H2,18,19,23)(H4,15,16,21,22);2*1-2H,(H,5,6)(H,7,8)/b;2*2-1-. The lowest BCUT2D eigenvalue weighted by Crippen LogP contribution is -2.37. The number of aliphatic carboxylic acids is 4. The molecule has 0 unspecified atom stereocenters. The maximum atomic E-state index is 9.55. The van der Waals surface area contributed by atoms with E-state index in [4.69, 9.17) is 44.1 Å². The zero-order valence-electron chi connectivity index (χ0n) is 21.4. The maximum Gasteiger partial charge on any atom is 0.328 e. The predicted octanol–water partition coefficient (Wildman–Crippen LogP) is 0.525. The molecule has 2 aromatic heterocycles. The molecular formula is C22H30N8O8S3. The average Bonchev–Trinajstić information content (AvgIpc) is 3.56. The van der Waals surface area contributed by atoms with Crippen molar-refractivity contribution in [3.63, 3.8) is 0 Å². The number of H-pyrrole nitrogens is 1. The molecule has 2 rings (SSSR count). The number of thiocarbonyl (C=S) groups is 1. The summed E-state index contributed by atoms with van der Waals surface area (Å²) in [6.07, 6.45) is 7.73. The van der Waals surface area contributed by atoms with Crippen LogP contribution in [0.5, 0.6) is 0 Å². The van der Waals surface area contributed by atoms with E-state index >= 15 is 0 Å². The molecule has 0 fully saturated rings. The topological polar surface area (TPSA) is 279 Å². The second kappa shape index (κ2) is 22.3. The number of aliphatic imine (C=N–C) groups is 1. The molecule has 16 nitrogen and oxygen atoms in total. The van der Waals surface area contributed by atoms with Gasteiger partial charge in [-0.15, -0.1) is 11.3 Å². The highest BCUT2D eigenvalue weighted by atomic mass is 32.2. The normalized spacial score (nSPS) is 10.0.